The molecule has 0 atom stereocenters. The van der Waals surface area contributed by atoms with E-state index in [0.29, 0.717) is 37.9 Å². The van der Waals surface area contributed by atoms with Gasteiger partial charge in [-0.2, -0.15) is 0 Å². The highest BCUT2D eigenvalue weighted by molar-refractivity contribution is 14.1. The highest BCUT2D eigenvalue weighted by Gasteiger charge is 2.26. The number of anilines is 1. The number of ether oxygens (including phenoxy) is 2. The van der Waals surface area contributed by atoms with Crippen molar-refractivity contribution in [2.75, 3.05) is 18.5 Å². The van der Waals surface area contributed by atoms with Gasteiger partial charge in [-0.25, -0.2) is 0 Å². The number of hydrogen-bond acceptors (Lipinski definition) is 6. The molecule has 2 aromatic rings. The SMILES string of the molecule is CCOc1cc(C=C2C(=O)NC(=S)NC2=O)cc(I)c1OCC(=O)Nc1ccccc1Cl. The molecule has 1 saturated heterocycles. The Kier molecular flexibility index (Phi) is 8.04. The van der Waals surface area contributed by atoms with E-state index in [2.05, 4.69) is 16.0 Å². The van der Waals surface area contributed by atoms with Crippen molar-refractivity contribution in [3.63, 3.8) is 0 Å². The predicted molar refractivity (Wildman–Crippen MR) is 133 cm³/mol. The third-order valence-electron chi connectivity index (χ3n) is 4.08. The largest absolute Gasteiger partial charge is 0.490 e. The molecule has 8 nitrogen and oxygen atoms in total. The summed E-state index contributed by atoms with van der Waals surface area (Å²) in [6.45, 7) is 1.87. The Morgan fingerprint density at radius 1 is 1.19 bits per heavy atom. The number of rotatable bonds is 7. The van der Waals surface area contributed by atoms with E-state index in [-0.39, 0.29) is 17.3 Å². The van der Waals surface area contributed by atoms with Crippen LogP contribution >= 0.6 is 46.4 Å². The quantitative estimate of drug-likeness (QED) is 0.199. The molecule has 0 bridgehead atoms. The molecule has 0 radical (unpaired) electrons. The minimum atomic E-state index is -0.594. The Bertz CT molecular complexity index is 1120. The minimum Gasteiger partial charge on any atom is -0.490 e. The summed E-state index contributed by atoms with van der Waals surface area (Å²) in [5.74, 6) is -0.854. The van der Waals surface area contributed by atoms with Crippen LogP contribution < -0.4 is 25.4 Å². The average molecular weight is 586 g/mol. The van der Waals surface area contributed by atoms with Gasteiger partial charge in [-0.1, -0.05) is 23.7 Å². The summed E-state index contributed by atoms with van der Waals surface area (Å²) < 4.78 is 12.0. The van der Waals surface area contributed by atoms with Crippen LogP contribution in [0.4, 0.5) is 5.69 Å². The number of thiocarbonyl (C=S) groups is 1. The van der Waals surface area contributed by atoms with Gasteiger partial charge in [-0.05, 0) is 77.6 Å². The third-order valence-corrected chi connectivity index (χ3v) is 5.42. The lowest BCUT2D eigenvalue weighted by molar-refractivity contribution is -0.123. The Hall–Kier alpha value is -2.70. The number of halogens is 2. The molecular weight excluding hydrogens is 569 g/mol. The topological polar surface area (TPSA) is 106 Å². The van der Waals surface area contributed by atoms with Crippen LogP contribution in [-0.2, 0) is 14.4 Å². The molecule has 1 fully saturated rings. The van der Waals surface area contributed by atoms with Crippen LogP contribution in [0.15, 0.2) is 42.0 Å². The van der Waals surface area contributed by atoms with Crippen LogP contribution in [-0.4, -0.2) is 36.0 Å². The maximum atomic E-state index is 12.3. The maximum Gasteiger partial charge on any atom is 0.263 e. The molecule has 3 N–H and O–H groups in total. The molecule has 2 aromatic carbocycles. The Morgan fingerprint density at radius 3 is 2.53 bits per heavy atom. The van der Waals surface area contributed by atoms with Crippen LogP contribution in [0.2, 0.25) is 5.02 Å². The van der Waals surface area contributed by atoms with E-state index >= 15 is 0 Å². The fraction of sp³-hybridized carbons (Fsp3) is 0.143. The van der Waals surface area contributed by atoms with Crippen molar-refractivity contribution in [3.05, 3.63) is 56.1 Å². The molecule has 0 spiro atoms. The standard InChI is InChI=1S/C21H17ClIN3O5S/c1-2-30-16-9-11(7-12-19(28)25-21(32)26-20(12)29)8-14(23)18(16)31-10-17(27)24-15-6-4-3-5-13(15)22/h3-9H,2,10H2,1H3,(H,24,27)(H2,25,26,28,29,32). The summed E-state index contributed by atoms with van der Waals surface area (Å²) in [7, 11) is 0. The van der Waals surface area contributed by atoms with Crippen molar-refractivity contribution >= 4 is 81.0 Å². The van der Waals surface area contributed by atoms with Crippen LogP contribution in [0.5, 0.6) is 11.5 Å². The molecule has 0 saturated carbocycles. The van der Waals surface area contributed by atoms with Gasteiger partial charge in [-0.3, -0.25) is 25.0 Å². The first-order chi connectivity index (χ1) is 15.3. The Morgan fingerprint density at radius 2 is 1.88 bits per heavy atom. The van der Waals surface area contributed by atoms with Crippen molar-refractivity contribution in [1.82, 2.24) is 10.6 Å². The summed E-state index contributed by atoms with van der Waals surface area (Å²) in [5.41, 5.74) is 0.927. The zero-order valence-electron chi connectivity index (χ0n) is 16.7. The van der Waals surface area contributed by atoms with Crippen LogP contribution in [0.25, 0.3) is 6.08 Å². The van der Waals surface area contributed by atoms with Gasteiger partial charge in [0.2, 0.25) is 0 Å². The molecule has 0 unspecified atom stereocenters. The first-order valence-electron chi connectivity index (χ1n) is 9.30. The van der Waals surface area contributed by atoms with Gasteiger partial charge >= 0.3 is 0 Å². The van der Waals surface area contributed by atoms with Gasteiger partial charge in [-0.15, -0.1) is 0 Å². The minimum absolute atomic E-state index is 0.0412. The zero-order valence-corrected chi connectivity index (χ0v) is 20.4. The molecule has 1 aliphatic heterocycles. The zero-order chi connectivity index (χ0) is 23.3. The molecule has 166 valence electrons. The maximum absolute atomic E-state index is 12.3. The second-order valence-electron chi connectivity index (χ2n) is 6.38. The average Bonchev–Trinajstić information content (AvgIpc) is 2.72. The van der Waals surface area contributed by atoms with E-state index in [1.165, 1.54) is 6.08 Å². The molecule has 1 heterocycles. The van der Waals surface area contributed by atoms with Crippen LogP contribution in [0.3, 0.4) is 0 Å². The summed E-state index contributed by atoms with van der Waals surface area (Å²) in [6.07, 6.45) is 1.42. The monoisotopic (exact) mass is 585 g/mol. The fourth-order valence-electron chi connectivity index (χ4n) is 2.73. The van der Waals surface area contributed by atoms with Crippen molar-refractivity contribution in [1.29, 1.82) is 0 Å². The van der Waals surface area contributed by atoms with Gasteiger partial charge < -0.3 is 14.8 Å². The smallest absolute Gasteiger partial charge is 0.263 e. The second-order valence-corrected chi connectivity index (χ2v) is 8.35. The highest BCUT2D eigenvalue weighted by Crippen LogP contribution is 2.35. The van der Waals surface area contributed by atoms with Crippen molar-refractivity contribution in [2.45, 2.75) is 6.92 Å². The molecule has 32 heavy (non-hydrogen) atoms. The van der Waals surface area contributed by atoms with Gasteiger partial charge in [0.05, 0.1) is 20.9 Å². The predicted octanol–water partition coefficient (Wildman–Crippen LogP) is 3.28. The number of amides is 3. The number of nitrogens with one attached hydrogen (secondary N) is 3. The number of hydrogen-bond donors (Lipinski definition) is 3. The van der Waals surface area contributed by atoms with Gasteiger partial charge in [0, 0.05) is 0 Å². The molecule has 0 aliphatic carbocycles. The summed E-state index contributed by atoms with van der Waals surface area (Å²) in [4.78, 5) is 36.5. The lowest BCUT2D eigenvalue weighted by Crippen LogP contribution is -2.51. The molecule has 3 rings (SSSR count). The summed E-state index contributed by atoms with van der Waals surface area (Å²) in [5, 5.41) is 7.82. The first kappa shape index (κ1) is 24.0. The summed E-state index contributed by atoms with van der Waals surface area (Å²) in [6, 6.07) is 10.2. The van der Waals surface area contributed by atoms with Gasteiger partial charge in [0.1, 0.15) is 5.57 Å². The van der Waals surface area contributed by atoms with Gasteiger partial charge in [0.15, 0.2) is 23.2 Å². The van der Waals surface area contributed by atoms with E-state index in [0.717, 1.165) is 0 Å². The molecule has 0 aromatic heterocycles. The number of benzene rings is 2. The molecule has 1 aliphatic rings. The van der Waals surface area contributed by atoms with E-state index in [1.807, 2.05) is 22.6 Å². The highest BCUT2D eigenvalue weighted by atomic mass is 127. The molecular formula is C21H17ClIN3O5S. The third kappa shape index (κ3) is 5.96. The van der Waals surface area contributed by atoms with Crippen LogP contribution in [0.1, 0.15) is 12.5 Å². The van der Waals surface area contributed by atoms with Crippen LogP contribution in [0, 0.1) is 3.57 Å². The van der Waals surface area contributed by atoms with Crippen molar-refractivity contribution in [3.8, 4) is 11.5 Å². The normalized spacial score (nSPS) is 13.2. The molecule has 11 heteroatoms. The van der Waals surface area contributed by atoms with E-state index in [9.17, 15) is 14.4 Å². The van der Waals surface area contributed by atoms with Crippen molar-refractivity contribution < 1.29 is 23.9 Å². The Labute approximate surface area is 207 Å². The second kappa shape index (κ2) is 10.7. The number of para-hydroxylation sites is 1. The van der Waals surface area contributed by atoms with Crippen molar-refractivity contribution in [2.24, 2.45) is 0 Å². The number of carbonyl (C=O) groups excluding carboxylic acids is 3. The van der Waals surface area contributed by atoms with E-state index in [1.54, 1.807) is 43.3 Å². The fourth-order valence-corrected chi connectivity index (χ4v) is 3.88. The summed E-state index contributed by atoms with van der Waals surface area (Å²) >= 11 is 12.9. The first-order valence-corrected chi connectivity index (χ1v) is 11.2. The lowest BCUT2D eigenvalue weighted by Gasteiger charge is -2.17. The van der Waals surface area contributed by atoms with E-state index in [4.69, 9.17) is 33.3 Å². The number of carbonyl (C=O) groups is 3. The lowest BCUT2D eigenvalue weighted by atomic mass is 10.1. The van der Waals surface area contributed by atoms with Gasteiger partial charge in [0.25, 0.3) is 17.7 Å². The van der Waals surface area contributed by atoms with E-state index < -0.39 is 17.7 Å². The Balaban J connectivity index is 1.80. The molecule has 3 amide bonds.